The van der Waals surface area contributed by atoms with Gasteiger partial charge in [-0.05, 0) is 56.7 Å². The molecule has 120 valence electrons. The number of nitrogens with one attached hydrogen (secondary N) is 1. The Labute approximate surface area is 144 Å². The van der Waals surface area contributed by atoms with Crippen LogP contribution in [0.25, 0.3) is 11.1 Å². The van der Waals surface area contributed by atoms with Crippen molar-refractivity contribution in [1.29, 1.82) is 5.26 Å². The summed E-state index contributed by atoms with van der Waals surface area (Å²) < 4.78 is 5.23. The molecule has 0 fully saturated rings. The predicted octanol–water partition coefficient (Wildman–Crippen LogP) is 4.93. The summed E-state index contributed by atoms with van der Waals surface area (Å²) in [5, 5.41) is 16.9. The third-order valence-electron chi connectivity index (χ3n) is 3.65. The second-order valence-corrected chi connectivity index (χ2v) is 5.88. The Balaban J connectivity index is 2.06. The van der Waals surface area contributed by atoms with Crippen LogP contribution in [0.2, 0.25) is 5.15 Å². The van der Waals surface area contributed by atoms with E-state index in [-0.39, 0.29) is 0 Å². The Morgan fingerprint density at radius 2 is 1.96 bits per heavy atom. The average molecular weight is 339 g/mol. The monoisotopic (exact) mass is 338 g/mol. The minimum Gasteiger partial charge on any atom is -0.361 e. The first-order chi connectivity index (χ1) is 11.5. The van der Waals surface area contributed by atoms with Gasteiger partial charge in [0.1, 0.15) is 5.76 Å². The minimum absolute atomic E-state index is 0.385. The number of hydrogen-bond acceptors (Lipinski definition) is 5. The van der Waals surface area contributed by atoms with Gasteiger partial charge in [-0.15, -0.1) is 0 Å². The van der Waals surface area contributed by atoms with E-state index in [0.29, 0.717) is 22.2 Å². The van der Waals surface area contributed by atoms with E-state index >= 15 is 0 Å². The molecule has 0 atom stereocenters. The lowest BCUT2D eigenvalue weighted by molar-refractivity contribution is 0.393. The summed E-state index contributed by atoms with van der Waals surface area (Å²) >= 11 is 6.18. The molecule has 5 nitrogen and oxygen atoms in total. The number of pyridine rings is 1. The maximum Gasteiger partial charge on any atom is 0.152 e. The lowest BCUT2D eigenvalue weighted by Gasteiger charge is -2.11. The normalized spacial score (nSPS) is 10.5. The average Bonchev–Trinajstić information content (AvgIpc) is 2.88. The highest BCUT2D eigenvalue weighted by Crippen LogP contribution is 2.32. The molecule has 0 aliphatic rings. The number of rotatable bonds is 3. The van der Waals surface area contributed by atoms with Gasteiger partial charge in [0.05, 0.1) is 23.0 Å². The van der Waals surface area contributed by atoms with E-state index in [9.17, 15) is 5.26 Å². The van der Waals surface area contributed by atoms with Crippen molar-refractivity contribution in [3.63, 3.8) is 0 Å². The summed E-state index contributed by atoms with van der Waals surface area (Å²) in [6, 6.07) is 11.4. The van der Waals surface area contributed by atoms with E-state index in [1.54, 1.807) is 6.07 Å². The SMILES string of the molecule is Cc1ccc(Nc2cc(C#N)cc(-c3c(C)noc3C)c2)c(Cl)n1. The van der Waals surface area contributed by atoms with Crippen LogP contribution in [0.5, 0.6) is 0 Å². The standard InChI is InChI=1S/C18H15ClN4O/c1-10-4-5-16(18(19)21-10)22-15-7-13(9-20)6-14(8-15)17-11(2)23-24-12(17)3/h4-8,22H,1-3H3. The number of hydrogen-bond donors (Lipinski definition) is 1. The Kier molecular flexibility index (Phi) is 4.24. The van der Waals surface area contributed by atoms with E-state index < -0.39 is 0 Å². The number of aromatic nitrogens is 2. The second kappa shape index (κ2) is 6.34. The molecule has 3 aromatic rings. The Hall–Kier alpha value is -2.84. The lowest BCUT2D eigenvalue weighted by Crippen LogP contribution is -1.95. The fraction of sp³-hybridized carbons (Fsp3) is 0.167. The number of nitrogens with zero attached hydrogens (tertiary/aromatic N) is 3. The van der Waals surface area contributed by atoms with E-state index in [4.69, 9.17) is 16.1 Å². The van der Waals surface area contributed by atoms with Crippen molar-refractivity contribution in [1.82, 2.24) is 10.1 Å². The third kappa shape index (κ3) is 3.10. The molecular formula is C18H15ClN4O. The summed E-state index contributed by atoms with van der Waals surface area (Å²) in [6.07, 6.45) is 0. The first-order valence-electron chi connectivity index (χ1n) is 7.36. The highest BCUT2D eigenvalue weighted by atomic mass is 35.5. The first-order valence-corrected chi connectivity index (χ1v) is 7.74. The van der Waals surface area contributed by atoms with Crippen molar-refractivity contribution in [3.05, 3.63) is 58.2 Å². The van der Waals surface area contributed by atoms with Crippen molar-refractivity contribution in [2.75, 3.05) is 5.32 Å². The number of anilines is 2. The van der Waals surface area contributed by atoms with Gasteiger partial charge in [0.15, 0.2) is 5.15 Å². The van der Waals surface area contributed by atoms with Gasteiger partial charge in [-0.25, -0.2) is 4.98 Å². The fourth-order valence-electron chi connectivity index (χ4n) is 2.58. The summed E-state index contributed by atoms with van der Waals surface area (Å²) in [5.74, 6) is 0.712. The van der Waals surface area contributed by atoms with Crippen molar-refractivity contribution < 1.29 is 4.52 Å². The zero-order chi connectivity index (χ0) is 17.3. The highest BCUT2D eigenvalue weighted by Gasteiger charge is 2.14. The van der Waals surface area contributed by atoms with Crippen molar-refractivity contribution in [2.24, 2.45) is 0 Å². The van der Waals surface area contributed by atoms with Crippen LogP contribution >= 0.6 is 11.6 Å². The fourth-order valence-corrected chi connectivity index (χ4v) is 2.82. The summed E-state index contributed by atoms with van der Waals surface area (Å²) in [5.41, 5.74) is 5.34. The van der Waals surface area contributed by atoms with E-state index in [1.807, 2.05) is 45.0 Å². The largest absolute Gasteiger partial charge is 0.361 e. The van der Waals surface area contributed by atoms with Gasteiger partial charge in [-0.1, -0.05) is 16.8 Å². The molecule has 24 heavy (non-hydrogen) atoms. The van der Waals surface area contributed by atoms with Crippen LogP contribution < -0.4 is 5.32 Å². The minimum atomic E-state index is 0.385. The Bertz CT molecular complexity index is 937. The number of nitriles is 1. The zero-order valence-corrected chi connectivity index (χ0v) is 14.3. The summed E-state index contributed by atoms with van der Waals surface area (Å²) in [6.45, 7) is 5.60. The molecule has 0 aliphatic heterocycles. The second-order valence-electron chi connectivity index (χ2n) is 5.53. The van der Waals surface area contributed by atoms with Crippen LogP contribution in [0.3, 0.4) is 0 Å². The third-order valence-corrected chi connectivity index (χ3v) is 3.94. The maximum absolute atomic E-state index is 9.32. The van der Waals surface area contributed by atoms with Gasteiger partial charge < -0.3 is 9.84 Å². The van der Waals surface area contributed by atoms with Crippen LogP contribution in [-0.2, 0) is 0 Å². The molecule has 3 rings (SSSR count). The van der Waals surface area contributed by atoms with E-state index in [1.165, 1.54) is 0 Å². The summed E-state index contributed by atoms with van der Waals surface area (Å²) in [4.78, 5) is 4.23. The molecule has 0 unspecified atom stereocenters. The van der Waals surface area contributed by atoms with Crippen LogP contribution in [0, 0.1) is 32.1 Å². The highest BCUT2D eigenvalue weighted by molar-refractivity contribution is 6.32. The molecule has 0 saturated carbocycles. The van der Waals surface area contributed by atoms with Gasteiger partial charge in [0, 0.05) is 16.9 Å². The molecule has 0 saturated heterocycles. The molecule has 1 N–H and O–H groups in total. The van der Waals surface area contributed by atoms with Crippen molar-refractivity contribution >= 4 is 23.0 Å². The quantitative estimate of drug-likeness (QED) is 0.685. The smallest absolute Gasteiger partial charge is 0.152 e. The molecule has 6 heteroatoms. The molecule has 0 spiro atoms. The Morgan fingerprint density at radius 3 is 2.58 bits per heavy atom. The van der Waals surface area contributed by atoms with Gasteiger partial charge in [0.25, 0.3) is 0 Å². The zero-order valence-electron chi connectivity index (χ0n) is 13.5. The van der Waals surface area contributed by atoms with Gasteiger partial charge in [-0.2, -0.15) is 5.26 Å². The van der Waals surface area contributed by atoms with E-state index in [2.05, 4.69) is 21.5 Å². The molecule has 1 aromatic carbocycles. The number of benzene rings is 1. The van der Waals surface area contributed by atoms with Crippen LogP contribution in [0.15, 0.2) is 34.9 Å². The van der Waals surface area contributed by atoms with Gasteiger partial charge >= 0.3 is 0 Å². The molecule has 0 radical (unpaired) electrons. The summed E-state index contributed by atoms with van der Waals surface area (Å²) in [7, 11) is 0. The Morgan fingerprint density at radius 1 is 1.17 bits per heavy atom. The number of aryl methyl sites for hydroxylation is 3. The van der Waals surface area contributed by atoms with Crippen LogP contribution in [-0.4, -0.2) is 10.1 Å². The topological polar surface area (TPSA) is 74.7 Å². The van der Waals surface area contributed by atoms with Crippen molar-refractivity contribution in [2.45, 2.75) is 20.8 Å². The molecule has 0 amide bonds. The molecule has 2 heterocycles. The van der Waals surface area contributed by atoms with Crippen LogP contribution in [0.1, 0.15) is 22.7 Å². The van der Waals surface area contributed by atoms with Crippen LogP contribution in [0.4, 0.5) is 11.4 Å². The molecule has 0 bridgehead atoms. The van der Waals surface area contributed by atoms with Gasteiger partial charge in [0.2, 0.25) is 0 Å². The first kappa shape index (κ1) is 16.0. The van der Waals surface area contributed by atoms with Crippen molar-refractivity contribution in [3.8, 4) is 17.2 Å². The predicted molar refractivity (Wildman–Crippen MR) is 93.4 cm³/mol. The maximum atomic E-state index is 9.32. The number of halogens is 1. The van der Waals surface area contributed by atoms with E-state index in [0.717, 1.165) is 28.2 Å². The lowest BCUT2D eigenvalue weighted by atomic mass is 10.0. The van der Waals surface area contributed by atoms with Gasteiger partial charge in [-0.3, -0.25) is 0 Å². The molecular weight excluding hydrogens is 324 g/mol. The molecule has 2 aromatic heterocycles. The molecule has 0 aliphatic carbocycles.